The summed E-state index contributed by atoms with van der Waals surface area (Å²) in [7, 11) is 0. The number of nitrogens with one attached hydrogen (secondary N) is 1. The first-order chi connectivity index (χ1) is 19.0. The molecule has 0 spiro atoms. The lowest BCUT2D eigenvalue weighted by atomic mass is 10.0. The Bertz CT molecular complexity index is 1430. The number of benzene rings is 3. The SMILES string of the molecule is Cc1ccc([C@H](C(=O)NC[C@@H]2CCCO2)N(CCc2ccccc2C)C(=O)Cn2nnc3ccccc32)cc1. The largest absolute Gasteiger partial charge is 0.376 e. The molecule has 1 saturated heterocycles. The minimum absolute atomic E-state index is 0.00486. The van der Waals surface area contributed by atoms with Crippen LogP contribution in [0.1, 0.15) is 41.1 Å². The number of para-hydroxylation sites is 1. The molecule has 1 aliphatic heterocycles. The highest BCUT2D eigenvalue weighted by atomic mass is 16.5. The average molecular weight is 526 g/mol. The monoisotopic (exact) mass is 525 g/mol. The van der Waals surface area contributed by atoms with Crippen molar-refractivity contribution in [2.45, 2.75) is 51.8 Å². The van der Waals surface area contributed by atoms with Crippen molar-refractivity contribution in [2.75, 3.05) is 19.7 Å². The first-order valence-electron chi connectivity index (χ1n) is 13.6. The minimum Gasteiger partial charge on any atom is -0.376 e. The Labute approximate surface area is 229 Å². The van der Waals surface area contributed by atoms with Crippen LogP contribution in [0.15, 0.2) is 72.8 Å². The van der Waals surface area contributed by atoms with E-state index in [1.165, 1.54) is 0 Å². The lowest BCUT2D eigenvalue weighted by Crippen LogP contribution is -2.47. The van der Waals surface area contributed by atoms with Gasteiger partial charge in [0.2, 0.25) is 11.8 Å². The van der Waals surface area contributed by atoms with Crippen molar-refractivity contribution in [3.05, 3.63) is 95.1 Å². The number of aromatic nitrogens is 3. The van der Waals surface area contributed by atoms with E-state index >= 15 is 0 Å². The predicted octanol–water partition coefficient (Wildman–Crippen LogP) is 4.16. The first kappa shape index (κ1) is 26.6. The average Bonchev–Trinajstić information content (AvgIpc) is 3.62. The molecule has 0 saturated carbocycles. The van der Waals surface area contributed by atoms with Crippen LogP contribution in [0.25, 0.3) is 11.0 Å². The second-order valence-electron chi connectivity index (χ2n) is 10.2. The van der Waals surface area contributed by atoms with Gasteiger partial charge in [0.15, 0.2) is 0 Å². The van der Waals surface area contributed by atoms with Crippen LogP contribution in [-0.2, 0) is 27.3 Å². The van der Waals surface area contributed by atoms with E-state index in [1.807, 2.05) is 67.6 Å². The van der Waals surface area contributed by atoms with Crippen molar-refractivity contribution in [1.82, 2.24) is 25.2 Å². The van der Waals surface area contributed by atoms with Gasteiger partial charge in [0.1, 0.15) is 18.1 Å². The maximum Gasteiger partial charge on any atom is 0.247 e. The second kappa shape index (κ2) is 12.2. The van der Waals surface area contributed by atoms with Crippen molar-refractivity contribution in [3.8, 4) is 0 Å². The summed E-state index contributed by atoms with van der Waals surface area (Å²) in [4.78, 5) is 29.6. The number of rotatable bonds is 10. The van der Waals surface area contributed by atoms with Gasteiger partial charge in [0.05, 0.1) is 11.6 Å². The summed E-state index contributed by atoms with van der Waals surface area (Å²) in [6, 6.07) is 22.7. The molecule has 0 bridgehead atoms. The highest BCUT2D eigenvalue weighted by Crippen LogP contribution is 2.25. The van der Waals surface area contributed by atoms with E-state index in [9.17, 15) is 9.59 Å². The van der Waals surface area contributed by atoms with Gasteiger partial charge in [-0.2, -0.15) is 0 Å². The van der Waals surface area contributed by atoms with E-state index in [1.54, 1.807) is 9.58 Å². The lowest BCUT2D eigenvalue weighted by molar-refractivity contribution is -0.141. The number of fused-ring (bicyclic) bond motifs is 1. The quantitative estimate of drug-likeness (QED) is 0.336. The van der Waals surface area contributed by atoms with Gasteiger partial charge in [0, 0.05) is 19.7 Å². The predicted molar refractivity (Wildman–Crippen MR) is 150 cm³/mol. The molecule has 2 amide bonds. The number of ether oxygens (including phenoxy) is 1. The third-order valence-corrected chi connectivity index (χ3v) is 7.39. The van der Waals surface area contributed by atoms with Crippen LogP contribution in [0.4, 0.5) is 0 Å². The van der Waals surface area contributed by atoms with E-state index in [-0.39, 0.29) is 24.5 Å². The maximum atomic E-state index is 14.0. The molecule has 8 nitrogen and oxygen atoms in total. The number of amides is 2. The topological polar surface area (TPSA) is 89.4 Å². The second-order valence-corrected chi connectivity index (χ2v) is 10.2. The molecule has 0 radical (unpaired) electrons. The fourth-order valence-corrected chi connectivity index (χ4v) is 5.12. The molecule has 0 aliphatic carbocycles. The molecular weight excluding hydrogens is 490 g/mol. The number of carbonyl (C=O) groups is 2. The van der Waals surface area contributed by atoms with Crippen molar-refractivity contribution in [2.24, 2.45) is 0 Å². The Morgan fingerprint density at radius 1 is 1.05 bits per heavy atom. The van der Waals surface area contributed by atoms with Gasteiger partial charge in [-0.25, -0.2) is 4.68 Å². The summed E-state index contributed by atoms with van der Waals surface area (Å²) in [6.07, 6.45) is 2.54. The molecule has 2 atom stereocenters. The van der Waals surface area contributed by atoms with Crippen LogP contribution in [0.2, 0.25) is 0 Å². The van der Waals surface area contributed by atoms with Crippen LogP contribution < -0.4 is 5.32 Å². The van der Waals surface area contributed by atoms with Crippen LogP contribution in [-0.4, -0.2) is 57.5 Å². The number of carbonyl (C=O) groups excluding carboxylic acids is 2. The molecular formula is C31H35N5O3. The van der Waals surface area contributed by atoms with Crippen LogP contribution >= 0.6 is 0 Å². The van der Waals surface area contributed by atoms with Crippen LogP contribution in [0.5, 0.6) is 0 Å². The van der Waals surface area contributed by atoms with E-state index in [2.05, 4.69) is 34.7 Å². The van der Waals surface area contributed by atoms with Gasteiger partial charge >= 0.3 is 0 Å². The molecule has 8 heteroatoms. The van der Waals surface area contributed by atoms with Gasteiger partial charge in [-0.3, -0.25) is 9.59 Å². The van der Waals surface area contributed by atoms with Crippen molar-refractivity contribution < 1.29 is 14.3 Å². The first-order valence-corrected chi connectivity index (χ1v) is 13.6. The fourth-order valence-electron chi connectivity index (χ4n) is 5.12. The van der Waals surface area contributed by atoms with E-state index in [0.717, 1.165) is 52.7 Å². The number of aryl methyl sites for hydroxylation is 2. The molecule has 3 aromatic carbocycles. The summed E-state index contributed by atoms with van der Waals surface area (Å²) in [5.41, 5.74) is 5.66. The summed E-state index contributed by atoms with van der Waals surface area (Å²) >= 11 is 0. The summed E-state index contributed by atoms with van der Waals surface area (Å²) in [6.45, 7) is 5.57. The van der Waals surface area contributed by atoms with Gasteiger partial charge in [0.25, 0.3) is 0 Å². The molecule has 202 valence electrons. The zero-order valence-electron chi connectivity index (χ0n) is 22.5. The van der Waals surface area contributed by atoms with Gasteiger partial charge in [-0.1, -0.05) is 71.4 Å². The molecule has 1 N–H and O–H groups in total. The van der Waals surface area contributed by atoms with E-state index < -0.39 is 6.04 Å². The zero-order chi connectivity index (χ0) is 27.2. The number of nitrogens with zero attached hydrogens (tertiary/aromatic N) is 4. The molecule has 5 rings (SSSR count). The Hall–Kier alpha value is -4.04. The van der Waals surface area contributed by atoms with Crippen molar-refractivity contribution in [3.63, 3.8) is 0 Å². The Morgan fingerprint density at radius 2 is 1.82 bits per heavy atom. The van der Waals surface area contributed by atoms with Crippen LogP contribution in [0, 0.1) is 13.8 Å². The van der Waals surface area contributed by atoms with Gasteiger partial charge < -0.3 is 15.0 Å². The lowest BCUT2D eigenvalue weighted by Gasteiger charge is -2.32. The van der Waals surface area contributed by atoms with Crippen LogP contribution in [0.3, 0.4) is 0 Å². The van der Waals surface area contributed by atoms with Crippen molar-refractivity contribution in [1.29, 1.82) is 0 Å². The fraction of sp³-hybridized carbons (Fsp3) is 0.355. The van der Waals surface area contributed by atoms with E-state index in [0.29, 0.717) is 19.5 Å². The molecule has 1 aliphatic rings. The third kappa shape index (κ3) is 6.34. The summed E-state index contributed by atoms with van der Waals surface area (Å²) in [5, 5.41) is 11.5. The molecule has 39 heavy (non-hydrogen) atoms. The zero-order valence-corrected chi connectivity index (χ0v) is 22.5. The smallest absolute Gasteiger partial charge is 0.247 e. The number of hydrogen-bond acceptors (Lipinski definition) is 5. The summed E-state index contributed by atoms with van der Waals surface area (Å²) in [5.74, 6) is -0.409. The van der Waals surface area contributed by atoms with E-state index in [4.69, 9.17) is 4.74 Å². The Kier molecular flexibility index (Phi) is 8.32. The normalized spacial score (nSPS) is 15.8. The Balaban J connectivity index is 1.47. The van der Waals surface area contributed by atoms with Gasteiger partial charge in [-0.05, 0) is 61.9 Å². The molecule has 1 aromatic heterocycles. The van der Waals surface area contributed by atoms with Crippen molar-refractivity contribution >= 4 is 22.8 Å². The Morgan fingerprint density at radius 3 is 2.59 bits per heavy atom. The maximum absolute atomic E-state index is 14.0. The molecule has 4 aromatic rings. The third-order valence-electron chi connectivity index (χ3n) is 7.39. The standard InChI is InChI=1S/C31H35N5O3/c1-22-13-15-25(16-14-22)30(31(38)32-20-26-10-7-19-39-26)35(18-17-24-9-4-3-8-23(24)2)29(37)21-36-28-12-6-5-11-27(28)33-34-36/h3-6,8-9,11-16,26,30H,7,10,17-21H2,1-2H3,(H,32,38)/t26-,30+/m0/s1. The minimum atomic E-state index is -0.793. The highest BCUT2D eigenvalue weighted by Gasteiger charge is 2.32. The summed E-state index contributed by atoms with van der Waals surface area (Å²) < 4.78 is 7.33. The number of hydrogen-bond donors (Lipinski definition) is 1. The van der Waals surface area contributed by atoms with Gasteiger partial charge in [-0.15, -0.1) is 5.10 Å². The molecule has 0 unspecified atom stereocenters. The molecule has 2 heterocycles. The molecule has 1 fully saturated rings. The highest BCUT2D eigenvalue weighted by molar-refractivity contribution is 5.89.